The van der Waals surface area contributed by atoms with Gasteiger partial charge in [-0.15, -0.1) is 11.3 Å². The predicted octanol–water partition coefficient (Wildman–Crippen LogP) is 4.37. The molecule has 158 valence electrons. The maximum atomic E-state index is 13.7. The van der Waals surface area contributed by atoms with Crippen molar-refractivity contribution >= 4 is 27.5 Å². The summed E-state index contributed by atoms with van der Waals surface area (Å²) in [5, 5.41) is 0.592. The number of carbonyl (C=O) groups is 1. The standard InChI is InChI=1S/C24H23N3O3S/c1-15-20(17-10-6-11-18(14-17)30-2)21-23(31-15)26-22(16-8-4-3-5-9-16)27(24(21)29)13-7-12-19(25)28/h3-6,8-11,14H,7,12-13H2,1-2H3,(H2,25,28). The molecule has 0 saturated carbocycles. The van der Waals surface area contributed by atoms with Crippen LogP contribution in [0.2, 0.25) is 0 Å². The van der Waals surface area contributed by atoms with E-state index < -0.39 is 0 Å². The number of methoxy groups -OCH3 is 1. The molecule has 4 aromatic rings. The van der Waals surface area contributed by atoms with Crippen LogP contribution < -0.4 is 16.0 Å². The van der Waals surface area contributed by atoms with Gasteiger partial charge in [0.05, 0.1) is 12.5 Å². The minimum Gasteiger partial charge on any atom is -0.497 e. The lowest BCUT2D eigenvalue weighted by Crippen LogP contribution is -2.24. The van der Waals surface area contributed by atoms with Crippen molar-refractivity contribution in [2.24, 2.45) is 5.73 Å². The molecule has 2 heterocycles. The Morgan fingerprint density at radius 2 is 1.87 bits per heavy atom. The zero-order valence-electron chi connectivity index (χ0n) is 17.4. The molecule has 6 nitrogen and oxygen atoms in total. The first-order valence-corrected chi connectivity index (χ1v) is 10.8. The second kappa shape index (κ2) is 8.73. The van der Waals surface area contributed by atoms with Crippen LogP contribution in [0.5, 0.6) is 5.75 Å². The van der Waals surface area contributed by atoms with Crippen LogP contribution in [0, 0.1) is 6.92 Å². The fourth-order valence-electron chi connectivity index (χ4n) is 3.75. The molecule has 0 bridgehead atoms. The molecule has 0 radical (unpaired) electrons. The van der Waals surface area contributed by atoms with Gasteiger partial charge in [-0.1, -0.05) is 42.5 Å². The number of hydrogen-bond acceptors (Lipinski definition) is 5. The highest BCUT2D eigenvalue weighted by atomic mass is 32.1. The van der Waals surface area contributed by atoms with Gasteiger partial charge >= 0.3 is 0 Å². The van der Waals surface area contributed by atoms with Crippen molar-refractivity contribution in [3.63, 3.8) is 0 Å². The lowest BCUT2D eigenvalue weighted by molar-refractivity contribution is -0.118. The third kappa shape index (κ3) is 4.09. The summed E-state index contributed by atoms with van der Waals surface area (Å²) in [6, 6.07) is 17.3. The summed E-state index contributed by atoms with van der Waals surface area (Å²) in [6.45, 7) is 2.36. The number of benzene rings is 2. The number of ether oxygens (including phenoxy) is 1. The van der Waals surface area contributed by atoms with Gasteiger partial charge in [0.15, 0.2) is 0 Å². The number of fused-ring (bicyclic) bond motifs is 1. The van der Waals surface area contributed by atoms with E-state index in [0.29, 0.717) is 29.0 Å². The van der Waals surface area contributed by atoms with Crippen molar-refractivity contribution in [2.45, 2.75) is 26.3 Å². The number of nitrogens with two attached hydrogens (primary N) is 1. The van der Waals surface area contributed by atoms with E-state index in [4.69, 9.17) is 15.5 Å². The molecule has 1 amide bonds. The first-order chi connectivity index (χ1) is 15.0. The van der Waals surface area contributed by atoms with Crippen molar-refractivity contribution in [3.05, 3.63) is 69.8 Å². The average molecular weight is 434 g/mol. The molecule has 0 unspecified atom stereocenters. The van der Waals surface area contributed by atoms with Crippen LogP contribution in [-0.4, -0.2) is 22.6 Å². The average Bonchev–Trinajstić information content (AvgIpc) is 3.11. The Morgan fingerprint density at radius 3 is 2.58 bits per heavy atom. The van der Waals surface area contributed by atoms with Gasteiger partial charge in [-0.3, -0.25) is 14.2 Å². The molecule has 7 heteroatoms. The van der Waals surface area contributed by atoms with E-state index in [-0.39, 0.29) is 17.9 Å². The fourth-order valence-corrected chi connectivity index (χ4v) is 4.78. The number of aromatic nitrogens is 2. The number of primary amides is 1. The summed E-state index contributed by atoms with van der Waals surface area (Å²) in [5.74, 6) is 0.944. The third-order valence-corrected chi connectivity index (χ3v) is 6.18. The van der Waals surface area contributed by atoms with Gasteiger partial charge in [0.25, 0.3) is 5.56 Å². The van der Waals surface area contributed by atoms with Crippen LogP contribution in [0.3, 0.4) is 0 Å². The molecule has 2 aromatic carbocycles. The number of rotatable bonds is 7. The summed E-state index contributed by atoms with van der Waals surface area (Å²) in [5.41, 5.74) is 7.84. The van der Waals surface area contributed by atoms with E-state index in [9.17, 15) is 9.59 Å². The molecule has 2 N–H and O–H groups in total. The Kier molecular flexibility index (Phi) is 5.86. The minimum atomic E-state index is -0.383. The van der Waals surface area contributed by atoms with Crippen LogP contribution in [0.4, 0.5) is 0 Å². The van der Waals surface area contributed by atoms with Gasteiger partial charge in [-0.25, -0.2) is 4.98 Å². The van der Waals surface area contributed by atoms with E-state index in [1.807, 2.05) is 61.5 Å². The van der Waals surface area contributed by atoms with Crippen LogP contribution in [0.1, 0.15) is 17.7 Å². The van der Waals surface area contributed by atoms with Crippen molar-refractivity contribution in [1.29, 1.82) is 0 Å². The summed E-state index contributed by atoms with van der Waals surface area (Å²) >= 11 is 1.51. The molecule has 4 rings (SSSR count). The second-order valence-electron chi connectivity index (χ2n) is 7.27. The van der Waals surface area contributed by atoms with Crippen LogP contribution in [0.25, 0.3) is 32.7 Å². The molecule has 0 aliphatic heterocycles. The van der Waals surface area contributed by atoms with Crippen molar-refractivity contribution in [3.8, 4) is 28.3 Å². The van der Waals surface area contributed by atoms with Crippen LogP contribution in [-0.2, 0) is 11.3 Å². The van der Waals surface area contributed by atoms with Crippen LogP contribution in [0.15, 0.2) is 59.4 Å². The Bertz CT molecular complexity index is 1310. The van der Waals surface area contributed by atoms with Gasteiger partial charge in [-0.05, 0) is 31.0 Å². The maximum absolute atomic E-state index is 13.7. The quantitative estimate of drug-likeness (QED) is 0.469. The van der Waals surface area contributed by atoms with E-state index in [0.717, 1.165) is 27.3 Å². The topological polar surface area (TPSA) is 87.2 Å². The highest BCUT2D eigenvalue weighted by molar-refractivity contribution is 7.19. The van der Waals surface area contributed by atoms with Gasteiger partial charge in [0.2, 0.25) is 5.91 Å². The number of hydrogen-bond donors (Lipinski definition) is 1. The Balaban J connectivity index is 1.96. The lowest BCUT2D eigenvalue weighted by Gasteiger charge is -2.13. The van der Waals surface area contributed by atoms with Gasteiger partial charge < -0.3 is 10.5 Å². The zero-order chi connectivity index (χ0) is 22.0. The molecule has 0 saturated heterocycles. The molecule has 0 fully saturated rings. The second-order valence-corrected chi connectivity index (χ2v) is 8.48. The van der Waals surface area contributed by atoms with Crippen molar-refractivity contribution in [1.82, 2.24) is 9.55 Å². The number of thiophene rings is 1. The summed E-state index contributed by atoms with van der Waals surface area (Å²) < 4.78 is 7.04. The highest BCUT2D eigenvalue weighted by Gasteiger charge is 2.20. The SMILES string of the molecule is COc1cccc(-c2c(C)sc3nc(-c4ccccc4)n(CCCC(N)=O)c(=O)c23)c1. The smallest absolute Gasteiger partial charge is 0.263 e. The molecule has 0 aliphatic rings. The Morgan fingerprint density at radius 1 is 1.13 bits per heavy atom. The van der Waals surface area contributed by atoms with Gasteiger partial charge in [0.1, 0.15) is 16.4 Å². The molecule has 0 spiro atoms. The number of aryl methyl sites for hydroxylation is 1. The number of nitrogens with zero attached hydrogens (tertiary/aromatic N) is 2. The van der Waals surface area contributed by atoms with Crippen LogP contribution >= 0.6 is 11.3 Å². The summed E-state index contributed by atoms with van der Waals surface area (Å²) in [4.78, 5) is 31.6. The Hall–Kier alpha value is -3.45. The predicted molar refractivity (Wildman–Crippen MR) is 124 cm³/mol. The van der Waals surface area contributed by atoms with E-state index in [2.05, 4.69) is 0 Å². The van der Waals surface area contributed by atoms with E-state index in [1.165, 1.54) is 11.3 Å². The normalized spacial score (nSPS) is 11.0. The largest absolute Gasteiger partial charge is 0.497 e. The molecule has 0 atom stereocenters. The van der Waals surface area contributed by atoms with E-state index in [1.54, 1.807) is 11.7 Å². The first kappa shape index (κ1) is 20.8. The van der Waals surface area contributed by atoms with E-state index >= 15 is 0 Å². The third-order valence-electron chi connectivity index (χ3n) is 5.18. The van der Waals surface area contributed by atoms with Crippen molar-refractivity contribution in [2.75, 3.05) is 7.11 Å². The highest BCUT2D eigenvalue weighted by Crippen LogP contribution is 2.37. The Labute approximate surface area is 183 Å². The van der Waals surface area contributed by atoms with Gasteiger partial charge in [0, 0.05) is 29.0 Å². The molecule has 2 aromatic heterocycles. The summed E-state index contributed by atoms with van der Waals surface area (Å²) in [7, 11) is 1.62. The molecule has 0 aliphatic carbocycles. The summed E-state index contributed by atoms with van der Waals surface area (Å²) in [6.07, 6.45) is 0.685. The lowest BCUT2D eigenvalue weighted by atomic mass is 10.0. The monoisotopic (exact) mass is 433 g/mol. The minimum absolute atomic E-state index is 0.115. The molecular weight excluding hydrogens is 410 g/mol. The molecule has 31 heavy (non-hydrogen) atoms. The first-order valence-electron chi connectivity index (χ1n) is 10.0. The number of amides is 1. The number of carbonyl (C=O) groups excluding carboxylic acids is 1. The molecular formula is C24H23N3O3S. The zero-order valence-corrected chi connectivity index (χ0v) is 18.2. The van der Waals surface area contributed by atoms with Gasteiger partial charge in [-0.2, -0.15) is 0 Å². The maximum Gasteiger partial charge on any atom is 0.263 e. The van der Waals surface area contributed by atoms with Crippen molar-refractivity contribution < 1.29 is 9.53 Å². The fraction of sp³-hybridized carbons (Fsp3) is 0.208.